The molecule has 1 unspecified atom stereocenters. The van der Waals surface area contributed by atoms with E-state index in [4.69, 9.17) is 10.00 Å². The molecule has 0 aliphatic carbocycles. The van der Waals surface area contributed by atoms with Gasteiger partial charge in [-0.2, -0.15) is 9.57 Å². The van der Waals surface area contributed by atoms with Crippen molar-refractivity contribution in [1.29, 1.82) is 5.26 Å². The number of ether oxygens (including phenoxy) is 1. The minimum atomic E-state index is -3.66. The molecule has 0 spiro atoms. The third kappa shape index (κ3) is 2.77. The molecule has 1 heterocycles. The summed E-state index contributed by atoms with van der Waals surface area (Å²) in [5, 5.41) is 17.9. The third-order valence-corrected chi connectivity index (χ3v) is 4.94. The van der Waals surface area contributed by atoms with Gasteiger partial charge in [0.1, 0.15) is 0 Å². The van der Waals surface area contributed by atoms with Gasteiger partial charge in [-0.3, -0.25) is 0 Å². The number of nitrogens with zero attached hydrogens (tertiary/aromatic N) is 2. The molecule has 1 fully saturated rings. The first-order valence-electron chi connectivity index (χ1n) is 5.80. The van der Waals surface area contributed by atoms with Gasteiger partial charge in [0.2, 0.25) is 10.0 Å². The number of rotatable bonds is 3. The molecule has 0 bridgehead atoms. The second-order valence-corrected chi connectivity index (χ2v) is 6.05. The lowest BCUT2D eigenvalue weighted by Crippen LogP contribution is -2.50. The molecule has 1 aromatic rings. The number of sulfonamides is 1. The lowest BCUT2D eigenvalue weighted by Gasteiger charge is -2.33. The summed E-state index contributed by atoms with van der Waals surface area (Å²) >= 11 is 0. The van der Waals surface area contributed by atoms with E-state index in [0.29, 0.717) is 12.2 Å². The van der Waals surface area contributed by atoms with Crippen LogP contribution in [0.4, 0.5) is 0 Å². The summed E-state index contributed by atoms with van der Waals surface area (Å²) in [5.41, 5.74) is 0.402. The van der Waals surface area contributed by atoms with Crippen LogP contribution in [0, 0.1) is 11.3 Å². The fourth-order valence-corrected chi connectivity index (χ4v) is 3.52. The van der Waals surface area contributed by atoms with Gasteiger partial charge in [0, 0.05) is 6.54 Å². The van der Waals surface area contributed by atoms with E-state index in [1.54, 1.807) is 0 Å². The summed E-state index contributed by atoms with van der Waals surface area (Å²) in [6.07, 6.45) is 0. The van der Waals surface area contributed by atoms with Crippen LogP contribution in [0.15, 0.2) is 29.2 Å². The highest BCUT2D eigenvalue weighted by molar-refractivity contribution is 7.89. The summed E-state index contributed by atoms with van der Waals surface area (Å²) in [4.78, 5) is 0.117. The fraction of sp³-hybridized carbons (Fsp3) is 0.417. The highest BCUT2D eigenvalue weighted by atomic mass is 32.2. The maximum absolute atomic E-state index is 12.4. The Kier molecular flexibility index (Phi) is 4.17. The largest absolute Gasteiger partial charge is 0.395 e. The number of aliphatic hydroxyl groups excluding tert-OH is 1. The van der Waals surface area contributed by atoms with Crippen LogP contribution in [-0.4, -0.2) is 50.2 Å². The number of nitriles is 1. The smallest absolute Gasteiger partial charge is 0.243 e. The van der Waals surface area contributed by atoms with Crippen molar-refractivity contribution in [2.75, 3.05) is 26.4 Å². The third-order valence-electron chi connectivity index (χ3n) is 2.97. The SMILES string of the molecule is N#Cc1ccc(S(=O)(=O)N2CCOCC2CO)cc1. The lowest BCUT2D eigenvalue weighted by atomic mass is 10.2. The molecule has 1 N–H and O–H groups in total. The van der Waals surface area contributed by atoms with Crippen molar-refractivity contribution in [3.05, 3.63) is 29.8 Å². The Morgan fingerprint density at radius 2 is 2.11 bits per heavy atom. The second-order valence-electron chi connectivity index (χ2n) is 4.16. The van der Waals surface area contributed by atoms with E-state index in [-0.39, 0.29) is 24.7 Å². The van der Waals surface area contributed by atoms with E-state index in [1.807, 2.05) is 6.07 Å². The predicted molar refractivity (Wildman–Crippen MR) is 66.7 cm³/mol. The molecule has 1 aromatic carbocycles. The van der Waals surface area contributed by atoms with Crippen molar-refractivity contribution < 1.29 is 18.3 Å². The molecule has 6 nitrogen and oxygen atoms in total. The summed E-state index contributed by atoms with van der Waals surface area (Å²) in [5.74, 6) is 0. The van der Waals surface area contributed by atoms with Gasteiger partial charge >= 0.3 is 0 Å². The van der Waals surface area contributed by atoms with Gasteiger partial charge in [0.25, 0.3) is 0 Å². The van der Waals surface area contributed by atoms with Crippen LogP contribution in [0.3, 0.4) is 0 Å². The van der Waals surface area contributed by atoms with Gasteiger partial charge < -0.3 is 9.84 Å². The van der Waals surface area contributed by atoms with E-state index in [2.05, 4.69) is 0 Å². The molecule has 7 heteroatoms. The van der Waals surface area contributed by atoms with Crippen LogP contribution < -0.4 is 0 Å². The molecule has 1 aliphatic heterocycles. The van der Waals surface area contributed by atoms with E-state index >= 15 is 0 Å². The fourth-order valence-electron chi connectivity index (χ4n) is 1.94. The Labute approximate surface area is 111 Å². The molecular weight excluding hydrogens is 268 g/mol. The van der Waals surface area contributed by atoms with Crippen LogP contribution in [0.5, 0.6) is 0 Å². The summed E-state index contributed by atoms with van der Waals surface area (Å²) in [7, 11) is -3.66. The maximum Gasteiger partial charge on any atom is 0.243 e. The van der Waals surface area contributed by atoms with Crippen LogP contribution in [0.2, 0.25) is 0 Å². The quantitative estimate of drug-likeness (QED) is 0.838. The number of morpholine rings is 1. The molecule has 0 radical (unpaired) electrons. The van der Waals surface area contributed by atoms with Crippen LogP contribution >= 0.6 is 0 Å². The van der Waals surface area contributed by atoms with E-state index in [9.17, 15) is 13.5 Å². The normalized spacial score (nSPS) is 20.9. The molecule has 0 aromatic heterocycles. The first-order valence-corrected chi connectivity index (χ1v) is 7.24. The Hall–Kier alpha value is -1.46. The van der Waals surface area contributed by atoms with Gasteiger partial charge in [-0.25, -0.2) is 8.42 Å². The predicted octanol–water partition coefficient (Wildman–Crippen LogP) is -0.0599. The van der Waals surface area contributed by atoms with Crippen molar-refractivity contribution in [2.24, 2.45) is 0 Å². The summed E-state index contributed by atoms with van der Waals surface area (Å²) in [6.45, 7) is 0.432. The molecule has 1 saturated heterocycles. The topological polar surface area (TPSA) is 90.6 Å². The van der Waals surface area contributed by atoms with E-state index in [0.717, 1.165) is 0 Å². The number of hydrogen-bond donors (Lipinski definition) is 1. The monoisotopic (exact) mass is 282 g/mol. The van der Waals surface area contributed by atoms with Gasteiger partial charge in [-0.1, -0.05) is 0 Å². The first-order chi connectivity index (χ1) is 9.09. The highest BCUT2D eigenvalue weighted by Crippen LogP contribution is 2.20. The van der Waals surface area contributed by atoms with Crippen LogP contribution in [0.1, 0.15) is 5.56 Å². The first kappa shape index (κ1) is 14.0. The van der Waals surface area contributed by atoms with Crippen molar-refractivity contribution in [2.45, 2.75) is 10.9 Å². The lowest BCUT2D eigenvalue weighted by molar-refractivity contribution is 0.0109. The minimum absolute atomic E-state index is 0.117. The number of benzene rings is 1. The van der Waals surface area contributed by atoms with E-state index in [1.165, 1.54) is 28.6 Å². The van der Waals surface area contributed by atoms with Gasteiger partial charge in [0.05, 0.1) is 42.4 Å². The zero-order chi connectivity index (χ0) is 13.9. The summed E-state index contributed by atoms with van der Waals surface area (Å²) in [6, 6.07) is 7.10. The zero-order valence-electron chi connectivity index (χ0n) is 10.2. The Morgan fingerprint density at radius 3 is 2.68 bits per heavy atom. The second kappa shape index (κ2) is 5.67. The molecule has 102 valence electrons. The standard InChI is InChI=1S/C12H14N2O4S/c13-7-10-1-3-12(4-2-10)19(16,17)14-5-6-18-9-11(14)8-15/h1-4,11,15H,5-6,8-9H2. The average Bonchev–Trinajstić information content (AvgIpc) is 2.47. The molecule has 0 saturated carbocycles. The molecule has 0 amide bonds. The van der Waals surface area contributed by atoms with Crippen molar-refractivity contribution in [1.82, 2.24) is 4.31 Å². The van der Waals surface area contributed by atoms with Gasteiger partial charge in [-0.15, -0.1) is 0 Å². The Morgan fingerprint density at radius 1 is 1.42 bits per heavy atom. The Bertz CT molecular complexity index is 577. The zero-order valence-corrected chi connectivity index (χ0v) is 11.0. The number of hydrogen-bond acceptors (Lipinski definition) is 5. The maximum atomic E-state index is 12.4. The average molecular weight is 282 g/mol. The molecule has 19 heavy (non-hydrogen) atoms. The molecule has 2 rings (SSSR count). The van der Waals surface area contributed by atoms with Crippen LogP contribution in [0.25, 0.3) is 0 Å². The molecule has 1 atom stereocenters. The van der Waals surface area contributed by atoms with Crippen molar-refractivity contribution in [3.8, 4) is 6.07 Å². The number of aliphatic hydroxyl groups is 1. The van der Waals surface area contributed by atoms with Crippen molar-refractivity contribution >= 4 is 10.0 Å². The summed E-state index contributed by atoms with van der Waals surface area (Å²) < 4.78 is 31.3. The highest BCUT2D eigenvalue weighted by Gasteiger charge is 2.33. The van der Waals surface area contributed by atoms with Crippen molar-refractivity contribution in [3.63, 3.8) is 0 Å². The van der Waals surface area contributed by atoms with E-state index < -0.39 is 16.1 Å². The molecular formula is C12H14N2O4S. The van der Waals surface area contributed by atoms with Gasteiger partial charge in [-0.05, 0) is 24.3 Å². The van der Waals surface area contributed by atoms with Gasteiger partial charge in [0.15, 0.2) is 0 Å². The Balaban J connectivity index is 2.32. The van der Waals surface area contributed by atoms with Crippen LogP contribution in [-0.2, 0) is 14.8 Å². The minimum Gasteiger partial charge on any atom is -0.395 e. The molecule has 1 aliphatic rings.